The van der Waals surface area contributed by atoms with Gasteiger partial charge in [0, 0.05) is 18.6 Å². The second-order valence-corrected chi connectivity index (χ2v) is 3.26. The van der Waals surface area contributed by atoms with E-state index in [2.05, 4.69) is 0 Å². The zero-order chi connectivity index (χ0) is 8.69. The van der Waals surface area contributed by atoms with Gasteiger partial charge in [-0.2, -0.15) is 0 Å². The summed E-state index contributed by atoms with van der Waals surface area (Å²) in [6.45, 7) is 1.77. The SMILES string of the molecule is CCC(=O)SCCCC(F)F. The topological polar surface area (TPSA) is 17.1 Å². The lowest BCUT2D eigenvalue weighted by Crippen LogP contribution is -1.94. The van der Waals surface area contributed by atoms with Crippen molar-refractivity contribution < 1.29 is 13.6 Å². The van der Waals surface area contributed by atoms with Crippen molar-refractivity contribution in [3.05, 3.63) is 0 Å². The van der Waals surface area contributed by atoms with Gasteiger partial charge in [-0.15, -0.1) is 0 Å². The van der Waals surface area contributed by atoms with E-state index in [0.29, 0.717) is 18.6 Å². The molecule has 0 atom stereocenters. The van der Waals surface area contributed by atoms with Crippen molar-refractivity contribution in [2.45, 2.75) is 32.6 Å². The molecule has 0 aromatic carbocycles. The molecule has 1 nitrogen and oxygen atoms in total. The Balaban J connectivity index is 3.08. The molecule has 66 valence electrons. The number of halogens is 2. The molecule has 0 unspecified atom stereocenters. The first-order valence-electron chi connectivity index (χ1n) is 3.60. The molecule has 4 heteroatoms. The van der Waals surface area contributed by atoms with E-state index in [4.69, 9.17) is 0 Å². The monoisotopic (exact) mass is 182 g/mol. The molecule has 0 amide bonds. The quantitative estimate of drug-likeness (QED) is 0.608. The van der Waals surface area contributed by atoms with Gasteiger partial charge in [-0.05, 0) is 6.42 Å². The minimum absolute atomic E-state index is 0.0827. The van der Waals surface area contributed by atoms with Gasteiger partial charge in [-0.1, -0.05) is 18.7 Å². The third-order valence-electron chi connectivity index (χ3n) is 1.12. The van der Waals surface area contributed by atoms with Gasteiger partial charge in [0.1, 0.15) is 0 Å². The van der Waals surface area contributed by atoms with Crippen LogP contribution in [0, 0.1) is 0 Å². The standard InChI is InChI=1S/C7H12F2OS/c1-2-7(10)11-5-3-4-6(8)9/h6H,2-5H2,1H3. The van der Waals surface area contributed by atoms with Gasteiger partial charge in [-0.3, -0.25) is 4.79 Å². The first-order valence-corrected chi connectivity index (χ1v) is 4.59. The Morgan fingerprint density at radius 3 is 2.64 bits per heavy atom. The number of carbonyl (C=O) groups is 1. The third-order valence-corrected chi connectivity index (χ3v) is 2.22. The van der Waals surface area contributed by atoms with E-state index in [-0.39, 0.29) is 11.5 Å². The van der Waals surface area contributed by atoms with Crippen molar-refractivity contribution in [1.29, 1.82) is 0 Å². The number of alkyl halides is 2. The summed E-state index contributed by atoms with van der Waals surface area (Å²) >= 11 is 1.15. The number of carbonyl (C=O) groups excluding carboxylic acids is 1. The zero-order valence-corrected chi connectivity index (χ0v) is 7.29. The highest BCUT2D eigenvalue weighted by Gasteiger charge is 2.03. The van der Waals surface area contributed by atoms with Crippen LogP contribution in [0.4, 0.5) is 8.78 Å². The van der Waals surface area contributed by atoms with Gasteiger partial charge in [0.15, 0.2) is 5.12 Å². The van der Waals surface area contributed by atoms with Crippen molar-refractivity contribution in [2.75, 3.05) is 5.75 Å². The molecular formula is C7H12F2OS. The molecule has 0 fully saturated rings. The highest BCUT2D eigenvalue weighted by molar-refractivity contribution is 8.13. The van der Waals surface area contributed by atoms with Crippen molar-refractivity contribution in [1.82, 2.24) is 0 Å². The maximum atomic E-state index is 11.5. The van der Waals surface area contributed by atoms with Crippen LogP contribution in [-0.4, -0.2) is 17.3 Å². The van der Waals surface area contributed by atoms with Crippen molar-refractivity contribution >= 4 is 16.9 Å². The minimum Gasteiger partial charge on any atom is -0.287 e. The summed E-state index contributed by atoms with van der Waals surface area (Å²) in [5.74, 6) is 0.525. The van der Waals surface area contributed by atoms with E-state index in [1.165, 1.54) is 0 Å². The average Bonchev–Trinajstić information content (AvgIpc) is 1.97. The van der Waals surface area contributed by atoms with E-state index in [1.807, 2.05) is 0 Å². The van der Waals surface area contributed by atoms with Crippen LogP contribution in [0.15, 0.2) is 0 Å². The van der Waals surface area contributed by atoms with Gasteiger partial charge >= 0.3 is 0 Å². The fourth-order valence-corrected chi connectivity index (χ4v) is 1.27. The van der Waals surface area contributed by atoms with Crippen LogP contribution in [0.25, 0.3) is 0 Å². The Morgan fingerprint density at radius 2 is 2.18 bits per heavy atom. The van der Waals surface area contributed by atoms with Crippen molar-refractivity contribution in [2.24, 2.45) is 0 Å². The molecular weight excluding hydrogens is 170 g/mol. The molecule has 0 heterocycles. The molecule has 0 aliphatic rings. The van der Waals surface area contributed by atoms with Gasteiger partial charge in [0.05, 0.1) is 0 Å². The smallest absolute Gasteiger partial charge is 0.238 e. The normalized spacial score (nSPS) is 10.5. The molecule has 0 radical (unpaired) electrons. The Bertz CT molecular complexity index is 117. The number of hydrogen-bond acceptors (Lipinski definition) is 2. The Morgan fingerprint density at radius 1 is 1.55 bits per heavy atom. The number of hydrogen-bond donors (Lipinski definition) is 0. The summed E-state index contributed by atoms with van der Waals surface area (Å²) < 4.78 is 23.1. The maximum Gasteiger partial charge on any atom is 0.238 e. The third kappa shape index (κ3) is 7.78. The fourth-order valence-electron chi connectivity index (χ4n) is 0.526. The Labute approximate surface area is 69.5 Å². The van der Waals surface area contributed by atoms with Crippen molar-refractivity contribution in [3.8, 4) is 0 Å². The molecule has 0 aliphatic carbocycles. The highest BCUT2D eigenvalue weighted by Crippen LogP contribution is 2.10. The van der Waals surface area contributed by atoms with E-state index >= 15 is 0 Å². The van der Waals surface area contributed by atoms with Crippen LogP contribution in [0.2, 0.25) is 0 Å². The second kappa shape index (κ2) is 6.58. The van der Waals surface area contributed by atoms with E-state index in [9.17, 15) is 13.6 Å². The average molecular weight is 182 g/mol. The molecule has 0 aromatic heterocycles. The van der Waals surface area contributed by atoms with Crippen molar-refractivity contribution in [3.63, 3.8) is 0 Å². The first kappa shape index (κ1) is 10.9. The summed E-state index contributed by atoms with van der Waals surface area (Å²) in [6.07, 6.45) is -1.41. The van der Waals surface area contributed by atoms with E-state index < -0.39 is 6.43 Å². The lowest BCUT2D eigenvalue weighted by molar-refractivity contribution is -0.110. The van der Waals surface area contributed by atoms with Crippen LogP contribution in [0.5, 0.6) is 0 Å². The predicted molar refractivity (Wildman–Crippen MR) is 43.0 cm³/mol. The summed E-state index contributed by atoms with van der Waals surface area (Å²) in [4.78, 5) is 10.6. The number of thioether (sulfide) groups is 1. The van der Waals surface area contributed by atoms with Crippen LogP contribution in [-0.2, 0) is 4.79 Å². The predicted octanol–water partition coefficient (Wildman–Crippen LogP) is 2.70. The van der Waals surface area contributed by atoms with Crippen LogP contribution < -0.4 is 0 Å². The number of rotatable bonds is 5. The van der Waals surface area contributed by atoms with Gasteiger partial charge < -0.3 is 0 Å². The lowest BCUT2D eigenvalue weighted by Gasteiger charge is -1.97. The summed E-state index contributed by atoms with van der Waals surface area (Å²) in [5.41, 5.74) is 0. The summed E-state index contributed by atoms with van der Waals surface area (Å²) in [5, 5.41) is 0.0827. The second-order valence-electron chi connectivity index (χ2n) is 2.11. The van der Waals surface area contributed by atoms with Crippen LogP contribution in [0.1, 0.15) is 26.2 Å². The first-order chi connectivity index (χ1) is 5.16. The van der Waals surface area contributed by atoms with Gasteiger partial charge in [0.25, 0.3) is 0 Å². The molecule has 0 saturated carbocycles. The minimum atomic E-state index is -2.23. The zero-order valence-electron chi connectivity index (χ0n) is 6.48. The highest BCUT2D eigenvalue weighted by atomic mass is 32.2. The Kier molecular flexibility index (Phi) is 6.51. The maximum absolute atomic E-state index is 11.5. The fraction of sp³-hybridized carbons (Fsp3) is 0.857. The largest absolute Gasteiger partial charge is 0.287 e. The van der Waals surface area contributed by atoms with E-state index in [0.717, 1.165) is 11.8 Å². The van der Waals surface area contributed by atoms with Crippen LogP contribution >= 0.6 is 11.8 Å². The molecule has 0 aromatic rings. The summed E-state index contributed by atoms with van der Waals surface area (Å²) in [7, 11) is 0. The van der Waals surface area contributed by atoms with Gasteiger partial charge in [-0.25, -0.2) is 8.78 Å². The van der Waals surface area contributed by atoms with Crippen LogP contribution in [0.3, 0.4) is 0 Å². The lowest BCUT2D eigenvalue weighted by atomic mass is 10.4. The molecule has 0 N–H and O–H groups in total. The molecule has 0 rings (SSSR count). The summed E-state index contributed by atoms with van der Waals surface area (Å²) in [6, 6.07) is 0. The molecule has 0 bridgehead atoms. The van der Waals surface area contributed by atoms with E-state index in [1.54, 1.807) is 6.92 Å². The molecule has 0 spiro atoms. The Hall–Kier alpha value is -0.120. The van der Waals surface area contributed by atoms with Gasteiger partial charge in [0.2, 0.25) is 6.43 Å². The molecule has 0 saturated heterocycles. The molecule has 0 aliphatic heterocycles. The molecule has 11 heavy (non-hydrogen) atoms.